The molecule has 1 aromatic rings. The number of carbonyl (C=O) groups is 1. The molecule has 1 aromatic carbocycles. The van der Waals surface area contributed by atoms with Gasteiger partial charge in [0.05, 0.1) is 4.99 Å². The van der Waals surface area contributed by atoms with Crippen LogP contribution in [-0.2, 0) is 0 Å². The van der Waals surface area contributed by atoms with Gasteiger partial charge < -0.3 is 16.0 Å². The van der Waals surface area contributed by atoms with Crippen LogP contribution in [0.2, 0.25) is 0 Å². The van der Waals surface area contributed by atoms with Gasteiger partial charge in [0.25, 0.3) is 0 Å². The van der Waals surface area contributed by atoms with Crippen molar-refractivity contribution < 1.29 is 9.18 Å². The van der Waals surface area contributed by atoms with Crippen molar-refractivity contribution in [2.24, 2.45) is 11.7 Å². The Labute approximate surface area is 124 Å². The molecule has 0 radical (unpaired) electrons. The van der Waals surface area contributed by atoms with Crippen LogP contribution in [0.25, 0.3) is 0 Å². The van der Waals surface area contributed by atoms with E-state index in [0.717, 1.165) is 0 Å². The number of thiocarbonyl (C=S) groups is 1. The number of hydrogen-bond acceptors (Lipinski definition) is 2. The van der Waals surface area contributed by atoms with Crippen molar-refractivity contribution in [3.05, 3.63) is 30.1 Å². The number of benzene rings is 1. The Balaban J connectivity index is 2.69. The molecule has 0 atom stereocenters. The number of nitrogens with two attached hydrogens (primary N) is 1. The van der Waals surface area contributed by atoms with Crippen molar-refractivity contribution in [3.8, 4) is 0 Å². The number of carbonyl (C=O) groups excluding carboxylic acids is 1. The highest BCUT2D eigenvalue weighted by Gasteiger charge is 2.15. The van der Waals surface area contributed by atoms with E-state index >= 15 is 0 Å². The van der Waals surface area contributed by atoms with Crippen LogP contribution in [0.1, 0.15) is 20.3 Å². The van der Waals surface area contributed by atoms with E-state index in [4.69, 9.17) is 18.0 Å². The van der Waals surface area contributed by atoms with Crippen LogP contribution >= 0.6 is 12.2 Å². The number of hydrogen-bond donors (Lipinski definition) is 2. The molecule has 20 heavy (non-hydrogen) atoms. The number of amides is 2. The molecule has 4 nitrogen and oxygen atoms in total. The normalized spacial score (nSPS) is 10.4. The molecular weight excluding hydrogens is 277 g/mol. The summed E-state index contributed by atoms with van der Waals surface area (Å²) in [7, 11) is 0. The smallest absolute Gasteiger partial charge is 0.321 e. The third kappa shape index (κ3) is 5.97. The molecule has 0 aromatic heterocycles. The molecule has 0 saturated carbocycles. The molecule has 0 aliphatic heterocycles. The number of halogens is 1. The average Bonchev–Trinajstić information content (AvgIpc) is 2.33. The molecule has 2 amide bonds. The zero-order chi connectivity index (χ0) is 15.1. The van der Waals surface area contributed by atoms with Crippen LogP contribution in [0.15, 0.2) is 24.3 Å². The summed E-state index contributed by atoms with van der Waals surface area (Å²) in [6.07, 6.45) is 0.471. The number of rotatable bonds is 6. The Hall–Kier alpha value is -1.69. The summed E-state index contributed by atoms with van der Waals surface area (Å²) in [5, 5.41) is 2.67. The predicted octanol–water partition coefficient (Wildman–Crippen LogP) is 2.99. The van der Waals surface area contributed by atoms with Crippen molar-refractivity contribution in [1.82, 2.24) is 4.90 Å². The van der Waals surface area contributed by atoms with E-state index in [1.807, 2.05) is 13.8 Å². The number of urea groups is 1. The highest BCUT2D eigenvalue weighted by molar-refractivity contribution is 7.80. The first-order valence-electron chi connectivity index (χ1n) is 6.48. The maximum absolute atomic E-state index is 13.1. The SMILES string of the molecule is CC(C)CN(CCC(N)=S)C(=O)Nc1cccc(F)c1. The van der Waals surface area contributed by atoms with Crippen LogP contribution in [0.4, 0.5) is 14.9 Å². The minimum Gasteiger partial charge on any atom is -0.393 e. The van der Waals surface area contributed by atoms with Crippen LogP contribution in [0, 0.1) is 11.7 Å². The fraction of sp³-hybridized carbons (Fsp3) is 0.429. The maximum Gasteiger partial charge on any atom is 0.321 e. The van der Waals surface area contributed by atoms with Crippen LogP contribution < -0.4 is 11.1 Å². The number of nitrogens with one attached hydrogen (secondary N) is 1. The average molecular weight is 297 g/mol. The molecule has 0 spiro atoms. The summed E-state index contributed by atoms with van der Waals surface area (Å²) in [4.78, 5) is 14.2. The van der Waals surface area contributed by atoms with Gasteiger partial charge in [-0.2, -0.15) is 0 Å². The van der Waals surface area contributed by atoms with E-state index in [0.29, 0.717) is 36.1 Å². The Bertz CT molecular complexity index is 479. The third-order valence-corrected chi connectivity index (χ3v) is 2.78. The fourth-order valence-corrected chi connectivity index (χ4v) is 1.82. The Morgan fingerprint density at radius 2 is 2.20 bits per heavy atom. The van der Waals surface area contributed by atoms with E-state index in [-0.39, 0.29) is 11.8 Å². The maximum atomic E-state index is 13.1. The molecule has 1 rings (SSSR count). The lowest BCUT2D eigenvalue weighted by molar-refractivity contribution is 0.206. The molecule has 0 aliphatic carbocycles. The summed E-state index contributed by atoms with van der Waals surface area (Å²) in [6, 6.07) is 5.52. The predicted molar refractivity (Wildman–Crippen MR) is 83.2 cm³/mol. The summed E-state index contributed by atoms with van der Waals surface area (Å²) < 4.78 is 13.1. The standard InChI is InChI=1S/C14H20FN3OS/c1-10(2)9-18(7-6-13(16)20)14(19)17-12-5-3-4-11(15)8-12/h3-5,8,10H,6-7,9H2,1-2H3,(H2,16,20)(H,17,19). The highest BCUT2D eigenvalue weighted by Crippen LogP contribution is 2.11. The third-order valence-electron chi connectivity index (χ3n) is 2.58. The highest BCUT2D eigenvalue weighted by atomic mass is 32.1. The summed E-state index contributed by atoms with van der Waals surface area (Å²) >= 11 is 4.83. The first-order valence-corrected chi connectivity index (χ1v) is 6.89. The lowest BCUT2D eigenvalue weighted by Gasteiger charge is -2.24. The first kappa shape index (κ1) is 16.4. The molecule has 0 bridgehead atoms. The lowest BCUT2D eigenvalue weighted by atomic mass is 10.2. The lowest BCUT2D eigenvalue weighted by Crippen LogP contribution is -2.39. The van der Waals surface area contributed by atoms with Crippen molar-refractivity contribution >= 4 is 28.9 Å². The minimum absolute atomic E-state index is 0.277. The Morgan fingerprint density at radius 1 is 1.50 bits per heavy atom. The van der Waals surface area contributed by atoms with Gasteiger partial charge in [-0.15, -0.1) is 0 Å². The van der Waals surface area contributed by atoms with Gasteiger partial charge in [-0.25, -0.2) is 9.18 Å². The quantitative estimate of drug-likeness (QED) is 0.794. The Morgan fingerprint density at radius 3 is 2.75 bits per heavy atom. The van der Waals surface area contributed by atoms with E-state index in [2.05, 4.69) is 5.32 Å². The van der Waals surface area contributed by atoms with Gasteiger partial charge in [-0.05, 0) is 24.1 Å². The van der Waals surface area contributed by atoms with Gasteiger partial charge in [-0.3, -0.25) is 0 Å². The summed E-state index contributed by atoms with van der Waals surface area (Å²) in [5.41, 5.74) is 5.90. The van der Waals surface area contributed by atoms with Crippen molar-refractivity contribution in [2.45, 2.75) is 20.3 Å². The van der Waals surface area contributed by atoms with Crippen LogP contribution in [0.3, 0.4) is 0 Å². The van der Waals surface area contributed by atoms with Gasteiger partial charge in [0, 0.05) is 25.2 Å². The second kappa shape index (κ2) is 7.79. The van der Waals surface area contributed by atoms with Gasteiger partial charge in [-0.1, -0.05) is 32.1 Å². The molecule has 0 fully saturated rings. The zero-order valence-electron chi connectivity index (χ0n) is 11.7. The molecule has 110 valence electrons. The van der Waals surface area contributed by atoms with Crippen molar-refractivity contribution in [3.63, 3.8) is 0 Å². The number of nitrogens with zero attached hydrogens (tertiary/aromatic N) is 1. The second-order valence-electron chi connectivity index (χ2n) is 5.00. The number of anilines is 1. The zero-order valence-corrected chi connectivity index (χ0v) is 12.5. The largest absolute Gasteiger partial charge is 0.393 e. The molecule has 0 aliphatic rings. The summed E-state index contributed by atoms with van der Waals surface area (Å²) in [5.74, 6) is -0.0686. The minimum atomic E-state index is -0.388. The van der Waals surface area contributed by atoms with E-state index in [1.54, 1.807) is 17.0 Å². The van der Waals surface area contributed by atoms with Gasteiger partial charge in [0.1, 0.15) is 5.82 Å². The van der Waals surface area contributed by atoms with E-state index < -0.39 is 0 Å². The van der Waals surface area contributed by atoms with Crippen LogP contribution in [0.5, 0.6) is 0 Å². The molecular formula is C14H20FN3OS. The van der Waals surface area contributed by atoms with Crippen LogP contribution in [-0.4, -0.2) is 29.0 Å². The summed E-state index contributed by atoms with van der Waals surface area (Å²) in [6.45, 7) is 5.07. The Kier molecular flexibility index (Phi) is 6.38. The second-order valence-corrected chi connectivity index (χ2v) is 5.52. The monoisotopic (exact) mass is 297 g/mol. The van der Waals surface area contributed by atoms with Crippen molar-refractivity contribution in [1.29, 1.82) is 0 Å². The molecule has 3 N–H and O–H groups in total. The topological polar surface area (TPSA) is 58.4 Å². The molecule has 6 heteroatoms. The molecule has 0 heterocycles. The fourth-order valence-electron chi connectivity index (χ4n) is 1.73. The van der Waals surface area contributed by atoms with Gasteiger partial charge in [0.15, 0.2) is 0 Å². The molecule has 0 unspecified atom stereocenters. The van der Waals surface area contributed by atoms with Gasteiger partial charge in [0.2, 0.25) is 0 Å². The van der Waals surface area contributed by atoms with Gasteiger partial charge >= 0.3 is 6.03 Å². The first-order chi connectivity index (χ1) is 9.38. The molecule has 0 saturated heterocycles. The van der Waals surface area contributed by atoms with E-state index in [1.165, 1.54) is 12.1 Å². The van der Waals surface area contributed by atoms with E-state index in [9.17, 15) is 9.18 Å². The van der Waals surface area contributed by atoms with Crippen molar-refractivity contribution in [2.75, 3.05) is 18.4 Å².